The molecular formula is C15H11ClF2O. The quantitative estimate of drug-likeness (QED) is 0.764. The summed E-state index contributed by atoms with van der Waals surface area (Å²) < 4.78 is 26.7. The molecule has 0 spiro atoms. The van der Waals surface area contributed by atoms with Crippen molar-refractivity contribution in [3.05, 3.63) is 69.7 Å². The predicted octanol–water partition coefficient (Wildman–Crippen LogP) is 4.35. The predicted molar refractivity (Wildman–Crippen MR) is 70.6 cm³/mol. The number of carbonyl (C=O) groups excluding carboxylic acids is 1. The van der Waals surface area contributed by atoms with Crippen molar-refractivity contribution in [2.75, 3.05) is 0 Å². The number of hydrogen-bond donors (Lipinski definition) is 0. The fourth-order valence-electron chi connectivity index (χ4n) is 1.78. The topological polar surface area (TPSA) is 17.1 Å². The van der Waals surface area contributed by atoms with Gasteiger partial charge in [0.05, 0.1) is 5.02 Å². The zero-order valence-corrected chi connectivity index (χ0v) is 11.0. The van der Waals surface area contributed by atoms with E-state index in [1.807, 2.05) is 0 Å². The Bertz CT molecular complexity index is 638. The van der Waals surface area contributed by atoms with Gasteiger partial charge >= 0.3 is 0 Å². The molecule has 2 rings (SSSR count). The second-order valence-electron chi connectivity index (χ2n) is 4.27. The molecule has 0 aliphatic rings. The molecule has 0 bridgehead atoms. The van der Waals surface area contributed by atoms with E-state index in [0.717, 1.165) is 6.07 Å². The average Bonchev–Trinajstić information content (AvgIpc) is 2.36. The number of Topliss-reactive ketones (excluding diaryl/α,β-unsaturated/α-hetero) is 1. The number of rotatable bonds is 3. The average molecular weight is 281 g/mol. The summed E-state index contributed by atoms with van der Waals surface area (Å²) in [6.45, 7) is 1.55. The minimum Gasteiger partial charge on any atom is -0.294 e. The first-order chi connectivity index (χ1) is 8.99. The minimum atomic E-state index is -0.465. The molecule has 1 nitrogen and oxygen atoms in total. The third-order valence-corrected chi connectivity index (χ3v) is 3.17. The number of halogens is 3. The molecule has 0 atom stereocenters. The second-order valence-corrected chi connectivity index (χ2v) is 4.68. The molecule has 2 aromatic rings. The molecule has 0 aliphatic carbocycles. The summed E-state index contributed by atoms with van der Waals surface area (Å²) in [5.74, 6) is -1.24. The fraction of sp³-hybridized carbons (Fsp3) is 0.133. The molecular weight excluding hydrogens is 270 g/mol. The summed E-state index contributed by atoms with van der Waals surface area (Å²) in [6.07, 6.45) is -0.0997. The normalized spacial score (nSPS) is 10.5. The first kappa shape index (κ1) is 13.7. The molecule has 4 heteroatoms. The van der Waals surface area contributed by atoms with Crippen molar-refractivity contribution in [3.8, 4) is 0 Å². The smallest absolute Gasteiger partial charge is 0.168 e. The van der Waals surface area contributed by atoms with E-state index in [2.05, 4.69) is 0 Å². The van der Waals surface area contributed by atoms with Crippen LogP contribution in [0.25, 0.3) is 0 Å². The number of benzene rings is 2. The SMILES string of the molecule is Cc1cc(C(=O)Cc2ccccc2F)c(Cl)cc1F. The maximum absolute atomic E-state index is 13.5. The first-order valence-electron chi connectivity index (χ1n) is 5.71. The van der Waals surface area contributed by atoms with Gasteiger partial charge < -0.3 is 0 Å². The number of hydrogen-bond acceptors (Lipinski definition) is 1. The van der Waals surface area contributed by atoms with Gasteiger partial charge in [0.15, 0.2) is 5.78 Å². The van der Waals surface area contributed by atoms with Crippen molar-refractivity contribution in [1.82, 2.24) is 0 Å². The standard InChI is InChI=1S/C15H11ClF2O/c1-9-6-11(12(16)8-14(9)18)15(19)7-10-4-2-3-5-13(10)17/h2-6,8H,7H2,1H3. The Balaban J connectivity index is 2.31. The van der Waals surface area contributed by atoms with Crippen LogP contribution in [0.4, 0.5) is 8.78 Å². The van der Waals surface area contributed by atoms with Gasteiger partial charge in [-0.05, 0) is 36.2 Å². The Morgan fingerprint density at radius 2 is 1.84 bits per heavy atom. The molecule has 0 unspecified atom stereocenters. The van der Waals surface area contributed by atoms with Crippen LogP contribution in [0.1, 0.15) is 21.5 Å². The molecule has 98 valence electrons. The molecule has 0 saturated carbocycles. The van der Waals surface area contributed by atoms with Crippen molar-refractivity contribution in [1.29, 1.82) is 0 Å². The molecule has 0 radical (unpaired) electrons. The van der Waals surface area contributed by atoms with Gasteiger partial charge in [-0.25, -0.2) is 8.78 Å². The van der Waals surface area contributed by atoms with Crippen LogP contribution in [0.5, 0.6) is 0 Å². The monoisotopic (exact) mass is 280 g/mol. The van der Waals surface area contributed by atoms with Gasteiger partial charge in [-0.15, -0.1) is 0 Å². The van der Waals surface area contributed by atoms with Crippen molar-refractivity contribution < 1.29 is 13.6 Å². The molecule has 19 heavy (non-hydrogen) atoms. The highest BCUT2D eigenvalue weighted by Gasteiger charge is 2.15. The van der Waals surface area contributed by atoms with Crippen LogP contribution in [0.15, 0.2) is 36.4 Å². The Hall–Kier alpha value is -1.74. The van der Waals surface area contributed by atoms with Crippen LogP contribution in [0.2, 0.25) is 5.02 Å². The Morgan fingerprint density at radius 1 is 1.16 bits per heavy atom. The number of aryl methyl sites for hydroxylation is 1. The van der Waals surface area contributed by atoms with Gasteiger partial charge in [0, 0.05) is 12.0 Å². The van der Waals surface area contributed by atoms with Crippen molar-refractivity contribution >= 4 is 17.4 Å². The zero-order chi connectivity index (χ0) is 14.0. The van der Waals surface area contributed by atoms with Gasteiger partial charge in [-0.1, -0.05) is 29.8 Å². The molecule has 0 amide bonds. The van der Waals surface area contributed by atoms with Gasteiger partial charge in [0.1, 0.15) is 11.6 Å². The number of carbonyl (C=O) groups is 1. The largest absolute Gasteiger partial charge is 0.294 e. The van der Waals surface area contributed by atoms with Crippen LogP contribution in [-0.2, 0) is 6.42 Å². The Kier molecular flexibility index (Phi) is 3.96. The summed E-state index contributed by atoms with van der Waals surface area (Å²) in [5.41, 5.74) is 0.843. The molecule has 0 fully saturated rings. The molecule has 0 aromatic heterocycles. The summed E-state index contributed by atoms with van der Waals surface area (Å²) in [4.78, 5) is 12.1. The van der Waals surface area contributed by atoms with Crippen LogP contribution < -0.4 is 0 Å². The Morgan fingerprint density at radius 3 is 2.53 bits per heavy atom. The highest BCUT2D eigenvalue weighted by molar-refractivity contribution is 6.34. The summed E-state index contributed by atoms with van der Waals surface area (Å²) in [5, 5.41) is 0.0458. The fourth-order valence-corrected chi connectivity index (χ4v) is 2.04. The lowest BCUT2D eigenvalue weighted by atomic mass is 10.0. The van der Waals surface area contributed by atoms with Gasteiger partial charge in [-0.2, -0.15) is 0 Å². The lowest BCUT2D eigenvalue weighted by molar-refractivity contribution is 0.0992. The lowest BCUT2D eigenvalue weighted by Crippen LogP contribution is -2.07. The van der Waals surface area contributed by atoms with Crippen LogP contribution in [0.3, 0.4) is 0 Å². The van der Waals surface area contributed by atoms with E-state index >= 15 is 0 Å². The highest BCUT2D eigenvalue weighted by atomic mass is 35.5. The van der Waals surface area contributed by atoms with E-state index < -0.39 is 11.6 Å². The van der Waals surface area contributed by atoms with Crippen LogP contribution in [0, 0.1) is 18.6 Å². The molecule has 0 N–H and O–H groups in total. The van der Waals surface area contributed by atoms with E-state index in [9.17, 15) is 13.6 Å². The Labute approximate surface area is 114 Å². The summed E-state index contributed by atoms with van der Waals surface area (Å²) in [6, 6.07) is 8.53. The maximum Gasteiger partial charge on any atom is 0.168 e. The number of ketones is 1. The zero-order valence-electron chi connectivity index (χ0n) is 10.2. The molecule has 0 aliphatic heterocycles. The van der Waals surface area contributed by atoms with Crippen LogP contribution in [-0.4, -0.2) is 5.78 Å². The maximum atomic E-state index is 13.5. The second kappa shape index (κ2) is 5.49. The lowest BCUT2D eigenvalue weighted by Gasteiger charge is -2.07. The van der Waals surface area contributed by atoms with E-state index in [4.69, 9.17) is 11.6 Å². The third-order valence-electron chi connectivity index (χ3n) is 2.86. The first-order valence-corrected chi connectivity index (χ1v) is 6.09. The minimum absolute atomic E-state index is 0.0458. The van der Waals surface area contributed by atoms with E-state index in [1.165, 1.54) is 18.2 Å². The summed E-state index contributed by atoms with van der Waals surface area (Å²) >= 11 is 5.85. The van der Waals surface area contributed by atoms with E-state index in [0.29, 0.717) is 11.1 Å². The summed E-state index contributed by atoms with van der Waals surface area (Å²) in [7, 11) is 0. The van der Waals surface area contributed by atoms with Gasteiger partial charge in [-0.3, -0.25) is 4.79 Å². The van der Waals surface area contributed by atoms with E-state index in [-0.39, 0.29) is 22.8 Å². The highest BCUT2D eigenvalue weighted by Crippen LogP contribution is 2.22. The van der Waals surface area contributed by atoms with Gasteiger partial charge in [0.25, 0.3) is 0 Å². The van der Waals surface area contributed by atoms with Crippen LogP contribution >= 0.6 is 11.6 Å². The van der Waals surface area contributed by atoms with Crippen molar-refractivity contribution in [2.45, 2.75) is 13.3 Å². The van der Waals surface area contributed by atoms with Crippen molar-refractivity contribution in [2.24, 2.45) is 0 Å². The van der Waals surface area contributed by atoms with E-state index in [1.54, 1.807) is 19.1 Å². The van der Waals surface area contributed by atoms with Crippen molar-refractivity contribution in [3.63, 3.8) is 0 Å². The third kappa shape index (κ3) is 2.99. The van der Waals surface area contributed by atoms with Gasteiger partial charge in [0.2, 0.25) is 0 Å². The molecule has 2 aromatic carbocycles. The molecule has 0 saturated heterocycles. The molecule has 0 heterocycles.